The van der Waals surface area contributed by atoms with E-state index < -0.39 is 0 Å². The first-order valence-corrected chi connectivity index (χ1v) is 9.87. The molecule has 6 rings (SSSR count). The van der Waals surface area contributed by atoms with Crippen LogP contribution in [0.2, 0.25) is 0 Å². The number of benzene rings is 1. The molecule has 0 bridgehead atoms. The predicted molar refractivity (Wildman–Crippen MR) is 112 cm³/mol. The summed E-state index contributed by atoms with van der Waals surface area (Å²) in [5.41, 5.74) is 4.62. The highest BCUT2D eigenvalue weighted by atomic mass is 16.3. The summed E-state index contributed by atoms with van der Waals surface area (Å²) in [5.74, 6) is 0.888. The van der Waals surface area contributed by atoms with E-state index in [1.165, 1.54) is 0 Å². The van der Waals surface area contributed by atoms with Crippen LogP contribution in [0.5, 0.6) is 0 Å². The number of piperazine rings is 1. The van der Waals surface area contributed by atoms with Crippen LogP contribution in [0.4, 0.5) is 5.82 Å². The van der Waals surface area contributed by atoms with Crippen LogP contribution in [0.1, 0.15) is 5.69 Å². The van der Waals surface area contributed by atoms with Crippen LogP contribution in [0, 0.1) is 0 Å². The van der Waals surface area contributed by atoms with E-state index in [4.69, 9.17) is 9.40 Å². The van der Waals surface area contributed by atoms with Gasteiger partial charge in [-0.3, -0.25) is 4.90 Å². The monoisotopic (exact) mass is 384 g/mol. The summed E-state index contributed by atoms with van der Waals surface area (Å²) in [4.78, 5) is 18.5. The van der Waals surface area contributed by atoms with Crippen LogP contribution in [-0.4, -0.2) is 50.4 Å². The smallest absolute Gasteiger partial charge is 0.196 e. The van der Waals surface area contributed by atoms with Crippen LogP contribution in [0.15, 0.2) is 65.6 Å². The van der Waals surface area contributed by atoms with E-state index in [0.29, 0.717) is 0 Å². The average molecular weight is 384 g/mol. The molecule has 4 aromatic heterocycles. The number of aromatic nitrogens is 4. The lowest BCUT2D eigenvalue weighted by molar-refractivity contribution is 0.247. The minimum atomic E-state index is 0.780. The Morgan fingerprint density at radius 2 is 1.79 bits per heavy atom. The van der Waals surface area contributed by atoms with Gasteiger partial charge in [0.05, 0.1) is 5.69 Å². The third kappa shape index (κ3) is 2.82. The molecule has 1 aromatic carbocycles. The van der Waals surface area contributed by atoms with Gasteiger partial charge in [0, 0.05) is 50.5 Å². The molecule has 0 radical (unpaired) electrons. The van der Waals surface area contributed by atoms with Gasteiger partial charge in [-0.05, 0) is 24.3 Å². The fraction of sp³-hybridized carbons (Fsp3) is 0.227. The Bertz CT molecular complexity index is 1280. The molecule has 1 aliphatic rings. The molecule has 7 nitrogen and oxygen atoms in total. The van der Waals surface area contributed by atoms with E-state index in [2.05, 4.69) is 30.4 Å². The molecule has 1 fully saturated rings. The van der Waals surface area contributed by atoms with Crippen LogP contribution >= 0.6 is 0 Å². The van der Waals surface area contributed by atoms with E-state index in [9.17, 15) is 0 Å². The molecular weight excluding hydrogens is 364 g/mol. The Hall–Kier alpha value is -3.45. The fourth-order valence-electron chi connectivity index (χ4n) is 4.15. The Balaban J connectivity index is 1.22. The molecule has 144 valence electrons. The molecular formula is C22H20N6O. The summed E-state index contributed by atoms with van der Waals surface area (Å²) in [6.45, 7) is 4.57. The molecule has 1 saturated heterocycles. The third-order valence-electron chi connectivity index (χ3n) is 5.61. The Kier molecular flexibility index (Phi) is 3.73. The first-order valence-electron chi connectivity index (χ1n) is 9.87. The summed E-state index contributed by atoms with van der Waals surface area (Å²) in [5, 5.41) is 1.04. The van der Waals surface area contributed by atoms with Crippen molar-refractivity contribution in [2.75, 3.05) is 31.1 Å². The van der Waals surface area contributed by atoms with Crippen molar-refractivity contribution in [3.63, 3.8) is 0 Å². The number of furan rings is 1. The van der Waals surface area contributed by atoms with E-state index >= 15 is 0 Å². The summed E-state index contributed by atoms with van der Waals surface area (Å²) < 4.78 is 8.17. The van der Waals surface area contributed by atoms with Gasteiger partial charge in [-0.15, -0.1) is 0 Å². The van der Waals surface area contributed by atoms with Crippen molar-refractivity contribution >= 4 is 33.5 Å². The maximum Gasteiger partial charge on any atom is 0.196 e. The lowest BCUT2D eigenvalue weighted by Gasteiger charge is -2.34. The zero-order valence-corrected chi connectivity index (χ0v) is 15.9. The number of pyridine rings is 1. The van der Waals surface area contributed by atoms with Gasteiger partial charge < -0.3 is 13.7 Å². The normalized spacial score (nSPS) is 15.7. The van der Waals surface area contributed by atoms with Crippen LogP contribution in [0.3, 0.4) is 0 Å². The fourth-order valence-corrected chi connectivity index (χ4v) is 4.15. The van der Waals surface area contributed by atoms with Crippen molar-refractivity contribution < 1.29 is 4.42 Å². The van der Waals surface area contributed by atoms with Crippen molar-refractivity contribution in [3.05, 3.63) is 66.9 Å². The summed E-state index contributed by atoms with van der Waals surface area (Å²) in [6.07, 6.45) is 5.80. The molecule has 0 saturated carbocycles. The molecule has 5 aromatic rings. The molecule has 5 heterocycles. The van der Waals surface area contributed by atoms with Crippen LogP contribution < -0.4 is 4.90 Å². The quantitative estimate of drug-likeness (QED) is 0.475. The highest BCUT2D eigenvalue weighted by Gasteiger charge is 2.23. The molecule has 0 aliphatic carbocycles. The molecule has 1 aliphatic heterocycles. The topological polar surface area (TPSA) is 62.7 Å². The number of fused-ring (bicyclic) bond motifs is 4. The summed E-state index contributed by atoms with van der Waals surface area (Å²) >= 11 is 0. The van der Waals surface area contributed by atoms with Gasteiger partial charge in [-0.25, -0.2) is 15.0 Å². The Morgan fingerprint density at radius 3 is 2.69 bits per heavy atom. The Labute approximate surface area is 167 Å². The van der Waals surface area contributed by atoms with Crippen LogP contribution in [0.25, 0.3) is 27.7 Å². The summed E-state index contributed by atoms with van der Waals surface area (Å²) in [7, 11) is 0. The molecule has 0 atom stereocenters. The van der Waals surface area contributed by atoms with Crippen molar-refractivity contribution in [2.45, 2.75) is 6.54 Å². The largest absolute Gasteiger partial charge is 0.450 e. The second-order valence-corrected chi connectivity index (χ2v) is 7.43. The van der Waals surface area contributed by atoms with Gasteiger partial charge in [-0.2, -0.15) is 0 Å². The van der Waals surface area contributed by atoms with E-state index in [0.717, 1.165) is 72.0 Å². The zero-order chi connectivity index (χ0) is 19.2. The molecule has 0 amide bonds. The van der Waals surface area contributed by atoms with Gasteiger partial charge in [0.15, 0.2) is 11.4 Å². The number of hydrogen-bond acceptors (Lipinski definition) is 6. The molecule has 7 heteroatoms. The van der Waals surface area contributed by atoms with Crippen molar-refractivity contribution in [2.24, 2.45) is 0 Å². The lowest BCUT2D eigenvalue weighted by atomic mass is 10.2. The predicted octanol–water partition coefficient (Wildman–Crippen LogP) is 3.35. The van der Waals surface area contributed by atoms with Crippen molar-refractivity contribution in [1.29, 1.82) is 0 Å². The van der Waals surface area contributed by atoms with Gasteiger partial charge in [0.25, 0.3) is 0 Å². The number of hydrogen-bond donors (Lipinski definition) is 0. The summed E-state index contributed by atoms with van der Waals surface area (Å²) in [6, 6.07) is 14.1. The molecule has 0 N–H and O–H groups in total. The maximum atomic E-state index is 6.10. The number of rotatable bonds is 3. The van der Waals surface area contributed by atoms with Gasteiger partial charge in [0.1, 0.15) is 23.1 Å². The van der Waals surface area contributed by atoms with E-state index in [1.807, 2.05) is 48.7 Å². The highest BCUT2D eigenvalue weighted by molar-refractivity contribution is 6.05. The second-order valence-electron chi connectivity index (χ2n) is 7.43. The van der Waals surface area contributed by atoms with E-state index in [1.54, 1.807) is 6.33 Å². The van der Waals surface area contributed by atoms with Crippen molar-refractivity contribution in [3.8, 4) is 0 Å². The molecule has 29 heavy (non-hydrogen) atoms. The number of para-hydroxylation sites is 1. The van der Waals surface area contributed by atoms with Gasteiger partial charge in [-0.1, -0.05) is 18.2 Å². The number of nitrogens with zero attached hydrogens (tertiary/aromatic N) is 6. The molecule has 0 unspecified atom stereocenters. The van der Waals surface area contributed by atoms with Gasteiger partial charge in [0.2, 0.25) is 0 Å². The first kappa shape index (κ1) is 16.5. The second kappa shape index (κ2) is 6.56. The van der Waals surface area contributed by atoms with E-state index in [-0.39, 0.29) is 0 Å². The minimum absolute atomic E-state index is 0.780. The Morgan fingerprint density at radius 1 is 0.931 bits per heavy atom. The van der Waals surface area contributed by atoms with Crippen LogP contribution in [-0.2, 0) is 6.54 Å². The minimum Gasteiger partial charge on any atom is -0.450 e. The van der Waals surface area contributed by atoms with Crippen molar-refractivity contribution in [1.82, 2.24) is 24.3 Å². The number of anilines is 1. The SMILES string of the molecule is c1ccc2c(c1)oc1c(N3CCN(Cc4cn5ccccc5n4)CC3)ncnc12. The highest BCUT2D eigenvalue weighted by Crippen LogP contribution is 2.32. The average Bonchev–Trinajstić information content (AvgIpc) is 3.35. The standard InChI is InChI=1S/C22H20N6O/c1-2-6-18-17(5-1)20-21(29-18)22(24-15-23-20)27-11-9-26(10-12-27)13-16-14-28-8-4-3-7-19(28)25-16/h1-8,14-15H,9-13H2. The third-order valence-corrected chi connectivity index (χ3v) is 5.61. The lowest BCUT2D eigenvalue weighted by Crippen LogP contribution is -2.46. The molecule has 0 spiro atoms. The van der Waals surface area contributed by atoms with Gasteiger partial charge >= 0.3 is 0 Å². The number of imidazole rings is 1. The zero-order valence-electron chi connectivity index (χ0n) is 15.9. The first-order chi connectivity index (χ1) is 14.3. The maximum absolute atomic E-state index is 6.10.